The molecular formula is C18H11NO5S. The molecule has 3 heterocycles. The van der Waals surface area contributed by atoms with Crippen molar-refractivity contribution in [2.45, 2.75) is 0 Å². The Hall–Kier alpha value is -3.32. The van der Waals surface area contributed by atoms with Crippen LogP contribution in [0.15, 0.2) is 63.1 Å². The van der Waals surface area contributed by atoms with Gasteiger partial charge in [0.05, 0.1) is 23.1 Å². The summed E-state index contributed by atoms with van der Waals surface area (Å²) in [5.74, 6) is -1.51. The summed E-state index contributed by atoms with van der Waals surface area (Å²) in [4.78, 5) is 24.6. The molecule has 0 aliphatic rings. The summed E-state index contributed by atoms with van der Waals surface area (Å²) in [7, 11) is 0. The molecule has 1 amide bonds. The standard InChI is InChI=1S/C18H11NO5S/c20-17(14-7-10-3-1-2-4-13(10)24-14)19-12-9-25-16(15(12)18(21)22)11-5-6-23-8-11/h1-9H,(H,19,20)(H,21,22). The zero-order chi connectivity index (χ0) is 17.4. The minimum atomic E-state index is -1.13. The molecule has 4 rings (SSSR count). The van der Waals surface area contributed by atoms with Crippen LogP contribution in [0.25, 0.3) is 21.4 Å². The quantitative estimate of drug-likeness (QED) is 0.554. The topological polar surface area (TPSA) is 92.7 Å². The lowest BCUT2D eigenvalue weighted by Gasteiger charge is -2.03. The van der Waals surface area contributed by atoms with Gasteiger partial charge in [0.15, 0.2) is 5.76 Å². The highest BCUT2D eigenvalue weighted by molar-refractivity contribution is 7.14. The molecule has 0 aliphatic carbocycles. The predicted molar refractivity (Wildman–Crippen MR) is 93.1 cm³/mol. The largest absolute Gasteiger partial charge is 0.478 e. The highest BCUT2D eigenvalue weighted by atomic mass is 32.1. The molecule has 2 N–H and O–H groups in total. The van der Waals surface area contributed by atoms with Crippen molar-refractivity contribution in [1.82, 2.24) is 0 Å². The van der Waals surface area contributed by atoms with E-state index in [4.69, 9.17) is 8.83 Å². The lowest BCUT2D eigenvalue weighted by Crippen LogP contribution is -2.13. The van der Waals surface area contributed by atoms with Gasteiger partial charge in [0, 0.05) is 16.3 Å². The second kappa shape index (κ2) is 5.95. The van der Waals surface area contributed by atoms with Crippen LogP contribution in [0.4, 0.5) is 5.69 Å². The molecule has 7 heteroatoms. The fourth-order valence-corrected chi connectivity index (χ4v) is 3.53. The van der Waals surface area contributed by atoms with E-state index in [1.54, 1.807) is 23.6 Å². The number of hydrogen-bond donors (Lipinski definition) is 2. The zero-order valence-electron chi connectivity index (χ0n) is 12.7. The number of thiophene rings is 1. The number of carboxylic acids is 1. The van der Waals surface area contributed by atoms with E-state index in [0.29, 0.717) is 16.0 Å². The lowest BCUT2D eigenvalue weighted by molar-refractivity contribution is 0.0699. The highest BCUT2D eigenvalue weighted by Gasteiger charge is 2.23. The van der Waals surface area contributed by atoms with E-state index >= 15 is 0 Å². The normalized spacial score (nSPS) is 10.9. The maximum Gasteiger partial charge on any atom is 0.339 e. The number of benzene rings is 1. The van der Waals surface area contributed by atoms with Crippen LogP contribution in [-0.4, -0.2) is 17.0 Å². The van der Waals surface area contributed by atoms with Gasteiger partial charge in [-0.3, -0.25) is 4.79 Å². The number of hydrogen-bond acceptors (Lipinski definition) is 5. The van der Waals surface area contributed by atoms with E-state index in [0.717, 1.165) is 5.39 Å². The monoisotopic (exact) mass is 353 g/mol. The number of para-hydroxylation sites is 1. The average molecular weight is 353 g/mol. The van der Waals surface area contributed by atoms with E-state index in [9.17, 15) is 14.7 Å². The molecule has 1 aromatic carbocycles. The van der Waals surface area contributed by atoms with E-state index < -0.39 is 11.9 Å². The van der Waals surface area contributed by atoms with Gasteiger partial charge >= 0.3 is 5.97 Å². The molecular weight excluding hydrogens is 342 g/mol. The molecule has 0 saturated carbocycles. The number of nitrogens with one attached hydrogen (secondary N) is 1. The van der Waals surface area contributed by atoms with Gasteiger partial charge < -0.3 is 19.3 Å². The molecule has 0 atom stereocenters. The van der Waals surface area contributed by atoms with Crippen LogP contribution in [0.1, 0.15) is 20.9 Å². The van der Waals surface area contributed by atoms with Gasteiger partial charge in [0.2, 0.25) is 0 Å². The Kier molecular flexibility index (Phi) is 3.62. The summed E-state index contributed by atoms with van der Waals surface area (Å²) in [5.41, 5.74) is 1.48. The Bertz CT molecular complexity index is 1040. The van der Waals surface area contributed by atoms with Gasteiger partial charge in [-0.25, -0.2) is 4.79 Å². The van der Waals surface area contributed by atoms with E-state index in [1.165, 1.54) is 23.9 Å². The van der Waals surface area contributed by atoms with Gasteiger partial charge in [0.25, 0.3) is 5.91 Å². The Morgan fingerprint density at radius 3 is 2.72 bits per heavy atom. The maximum absolute atomic E-state index is 12.4. The van der Waals surface area contributed by atoms with Crippen molar-refractivity contribution in [2.24, 2.45) is 0 Å². The lowest BCUT2D eigenvalue weighted by atomic mass is 10.1. The van der Waals surface area contributed by atoms with Gasteiger partial charge in [-0.2, -0.15) is 0 Å². The average Bonchev–Trinajstić information content (AvgIpc) is 3.32. The minimum Gasteiger partial charge on any atom is -0.478 e. The summed E-state index contributed by atoms with van der Waals surface area (Å²) in [6, 6.07) is 10.5. The molecule has 124 valence electrons. The molecule has 0 aliphatic heterocycles. The number of carbonyl (C=O) groups excluding carboxylic acids is 1. The van der Waals surface area contributed by atoms with Crippen LogP contribution in [0.3, 0.4) is 0 Å². The van der Waals surface area contributed by atoms with Crippen LogP contribution in [0.5, 0.6) is 0 Å². The van der Waals surface area contributed by atoms with Crippen LogP contribution >= 0.6 is 11.3 Å². The first kappa shape index (κ1) is 15.2. The molecule has 0 spiro atoms. The number of anilines is 1. The van der Waals surface area contributed by atoms with Crippen molar-refractivity contribution in [2.75, 3.05) is 5.32 Å². The third-order valence-corrected chi connectivity index (χ3v) is 4.71. The van der Waals surface area contributed by atoms with E-state index in [2.05, 4.69) is 5.32 Å². The van der Waals surface area contributed by atoms with Crippen molar-refractivity contribution in [1.29, 1.82) is 0 Å². The van der Waals surface area contributed by atoms with Gasteiger partial charge in [0.1, 0.15) is 11.1 Å². The summed E-state index contributed by atoms with van der Waals surface area (Å²) < 4.78 is 10.5. The second-order valence-corrected chi connectivity index (χ2v) is 6.15. The van der Waals surface area contributed by atoms with Crippen LogP contribution in [-0.2, 0) is 0 Å². The summed E-state index contributed by atoms with van der Waals surface area (Å²) in [6.07, 6.45) is 2.93. The Balaban J connectivity index is 1.68. The number of carboxylic acid groups (broad SMARTS) is 1. The van der Waals surface area contributed by atoms with Crippen molar-refractivity contribution < 1.29 is 23.5 Å². The van der Waals surface area contributed by atoms with Crippen LogP contribution < -0.4 is 5.32 Å². The first-order valence-electron chi connectivity index (χ1n) is 7.31. The van der Waals surface area contributed by atoms with Gasteiger partial charge in [-0.15, -0.1) is 11.3 Å². The molecule has 0 bridgehead atoms. The Morgan fingerprint density at radius 1 is 1.16 bits per heavy atom. The maximum atomic E-state index is 12.4. The fourth-order valence-electron chi connectivity index (χ4n) is 2.55. The number of furan rings is 2. The molecule has 6 nitrogen and oxygen atoms in total. The fraction of sp³-hybridized carbons (Fsp3) is 0. The van der Waals surface area contributed by atoms with Crippen molar-refractivity contribution in [3.63, 3.8) is 0 Å². The molecule has 0 radical (unpaired) electrons. The van der Waals surface area contributed by atoms with Gasteiger partial charge in [-0.05, 0) is 18.2 Å². The summed E-state index contributed by atoms with van der Waals surface area (Å²) in [5, 5.41) is 14.5. The van der Waals surface area contributed by atoms with Crippen molar-refractivity contribution in [3.05, 3.63) is 65.6 Å². The third-order valence-electron chi connectivity index (χ3n) is 3.69. The number of rotatable bonds is 4. The third kappa shape index (κ3) is 2.70. The first-order chi connectivity index (χ1) is 12.1. The van der Waals surface area contributed by atoms with Crippen molar-refractivity contribution in [3.8, 4) is 10.4 Å². The molecule has 3 aromatic heterocycles. The first-order valence-corrected chi connectivity index (χ1v) is 8.19. The number of fused-ring (bicyclic) bond motifs is 1. The van der Waals surface area contributed by atoms with Gasteiger partial charge in [-0.1, -0.05) is 18.2 Å². The number of carbonyl (C=O) groups is 2. The highest BCUT2D eigenvalue weighted by Crippen LogP contribution is 2.36. The molecule has 25 heavy (non-hydrogen) atoms. The number of aromatic carboxylic acids is 1. The molecule has 0 fully saturated rings. The molecule has 0 unspecified atom stereocenters. The number of amides is 1. The van der Waals surface area contributed by atoms with E-state index in [1.807, 2.05) is 18.2 Å². The summed E-state index contributed by atoms with van der Waals surface area (Å²) in [6.45, 7) is 0. The van der Waals surface area contributed by atoms with Crippen LogP contribution in [0, 0.1) is 0 Å². The Morgan fingerprint density at radius 2 is 2.00 bits per heavy atom. The predicted octanol–water partition coefficient (Wildman–Crippen LogP) is 4.70. The smallest absolute Gasteiger partial charge is 0.339 e. The molecule has 0 saturated heterocycles. The Labute approximate surface area is 145 Å². The SMILES string of the molecule is O=C(Nc1csc(-c2ccoc2)c1C(=O)O)c1cc2ccccc2o1. The summed E-state index contributed by atoms with van der Waals surface area (Å²) >= 11 is 1.22. The van der Waals surface area contributed by atoms with Crippen molar-refractivity contribution >= 4 is 39.9 Å². The van der Waals surface area contributed by atoms with E-state index in [-0.39, 0.29) is 17.0 Å². The minimum absolute atomic E-state index is 0.0239. The molecule has 4 aromatic rings. The second-order valence-electron chi connectivity index (χ2n) is 5.27. The zero-order valence-corrected chi connectivity index (χ0v) is 13.5. The van der Waals surface area contributed by atoms with Crippen LogP contribution in [0.2, 0.25) is 0 Å².